The third-order valence-electron chi connectivity index (χ3n) is 5.33. The van der Waals surface area contributed by atoms with Gasteiger partial charge in [0.2, 0.25) is 6.79 Å². The number of ether oxygens (including phenoxy) is 2. The largest absolute Gasteiger partial charge is 0.454 e. The van der Waals surface area contributed by atoms with Gasteiger partial charge in [0.15, 0.2) is 17.1 Å². The Labute approximate surface area is 194 Å². The summed E-state index contributed by atoms with van der Waals surface area (Å²) in [5, 5.41) is 5.26. The van der Waals surface area contributed by atoms with E-state index in [-0.39, 0.29) is 31.1 Å². The van der Waals surface area contributed by atoms with E-state index in [4.69, 9.17) is 9.47 Å². The average molecular weight is 460 g/mol. The molecular formula is C23H30ClN5O3. The third-order valence-corrected chi connectivity index (χ3v) is 5.33. The summed E-state index contributed by atoms with van der Waals surface area (Å²) in [4.78, 5) is 22.3. The Balaban J connectivity index is 0.00000289. The van der Waals surface area contributed by atoms with Gasteiger partial charge in [0.25, 0.3) is 5.91 Å². The summed E-state index contributed by atoms with van der Waals surface area (Å²) in [7, 11) is 4.01. The number of fused-ring (bicyclic) bond motifs is 2. The maximum absolute atomic E-state index is 13.7. The van der Waals surface area contributed by atoms with Crippen molar-refractivity contribution in [2.45, 2.75) is 33.4 Å². The molecule has 0 saturated heterocycles. The second-order valence-electron chi connectivity index (χ2n) is 8.45. The number of halogens is 1. The van der Waals surface area contributed by atoms with Crippen molar-refractivity contribution in [2.24, 2.45) is 0 Å². The first-order chi connectivity index (χ1) is 14.8. The zero-order valence-electron chi connectivity index (χ0n) is 19.2. The van der Waals surface area contributed by atoms with Gasteiger partial charge in [0, 0.05) is 31.4 Å². The number of hydrogen-bond acceptors (Lipinski definition) is 6. The Morgan fingerprint density at radius 1 is 1.16 bits per heavy atom. The number of aromatic nitrogens is 3. The summed E-state index contributed by atoms with van der Waals surface area (Å²) in [5.74, 6) is 1.43. The molecule has 1 aromatic carbocycles. The number of pyridine rings is 1. The molecule has 0 unspecified atom stereocenters. The lowest BCUT2D eigenvalue weighted by Crippen LogP contribution is -2.36. The number of amides is 1. The molecule has 1 amide bonds. The number of rotatable bonds is 7. The maximum Gasteiger partial charge on any atom is 0.255 e. The van der Waals surface area contributed by atoms with E-state index in [0.717, 1.165) is 40.3 Å². The molecule has 4 rings (SSSR count). The number of benzene rings is 1. The van der Waals surface area contributed by atoms with Gasteiger partial charge in [-0.05, 0) is 58.6 Å². The molecule has 1 aliphatic rings. The number of aryl methyl sites for hydroxylation is 1. The minimum atomic E-state index is -0.0293. The first kappa shape index (κ1) is 23.8. The van der Waals surface area contributed by atoms with Crippen LogP contribution in [0.25, 0.3) is 11.0 Å². The van der Waals surface area contributed by atoms with Gasteiger partial charge in [-0.25, -0.2) is 9.67 Å². The van der Waals surface area contributed by atoms with Gasteiger partial charge < -0.3 is 19.3 Å². The molecule has 8 nitrogen and oxygen atoms in total. The number of nitrogens with zero attached hydrogens (tertiary/aromatic N) is 5. The minimum Gasteiger partial charge on any atom is -0.454 e. The predicted molar refractivity (Wildman–Crippen MR) is 126 cm³/mol. The van der Waals surface area contributed by atoms with Crippen molar-refractivity contribution in [3.05, 3.63) is 47.3 Å². The third kappa shape index (κ3) is 4.81. The standard InChI is InChI=1S/C23H29N5O3.ClH/c1-15(2)28-22-19(12-24-28)18(10-16(3)25-22)23(29)27(9-8-26(4)5)13-17-6-7-20-21(11-17)31-14-30-20;/h6-7,10-12,15H,8-9,13-14H2,1-5H3;1H. The predicted octanol–water partition coefficient (Wildman–Crippen LogP) is 3.68. The maximum atomic E-state index is 13.7. The highest BCUT2D eigenvalue weighted by Gasteiger charge is 2.23. The fourth-order valence-corrected chi connectivity index (χ4v) is 3.70. The van der Waals surface area contributed by atoms with E-state index in [1.807, 2.05) is 54.9 Å². The summed E-state index contributed by atoms with van der Waals surface area (Å²) in [6, 6.07) is 7.84. The molecule has 0 saturated carbocycles. The fraction of sp³-hybridized carbons (Fsp3) is 0.435. The molecule has 9 heteroatoms. The number of hydrogen-bond donors (Lipinski definition) is 0. The fourth-order valence-electron chi connectivity index (χ4n) is 3.70. The lowest BCUT2D eigenvalue weighted by Gasteiger charge is -2.25. The Kier molecular flexibility index (Phi) is 7.26. The van der Waals surface area contributed by atoms with E-state index in [0.29, 0.717) is 18.7 Å². The average Bonchev–Trinajstić information content (AvgIpc) is 3.36. The highest BCUT2D eigenvalue weighted by molar-refractivity contribution is 6.05. The summed E-state index contributed by atoms with van der Waals surface area (Å²) in [6.07, 6.45) is 1.75. The van der Waals surface area contributed by atoms with E-state index in [2.05, 4.69) is 28.8 Å². The van der Waals surface area contributed by atoms with Gasteiger partial charge in [-0.2, -0.15) is 5.10 Å². The van der Waals surface area contributed by atoms with Crippen LogP contribution in [-0.4, -0.2) is 64.4 Å². The zero-order valence-corrected chi connectivity index (χ0v) is 20.0. The van der Waals surface area contributed by atoms with E-state index < -0.39 is 0 Å². The summed E-state index contributed by atoms with van der Waals surface area (Å²) >= 11 is 0. The summed E-state index contributed by atoms with van der Waals surface area (Å²) < 4.78 is 12.8. The number of carbonyl (C=O) groups is 1. The second kappa shape index (κ2) is 9.75. The molecule has 0 radical (unpaired) electrons. The Hall–Kier alpha value is -2.84. The SMILES string of the molecule is Cc1cc(C(=O)N(CCN(C)C)Cc2ccc3c(c2)OCO3)c2cnn(C(C)C)c2n1.Cl. The van der Waals surface area contributed by atoms with Crippen molar-refractivity contribution in [3.63, 3.8) is 0 Å². The smallest absolute Gasteiger partial charge is 0.255 e. The molecule has 3 heterocycles. The summed E-state index contributed by atoms with van der Waals surface area (Å²) in [5.41, 5.74) is 3.17. The van der Waals surface area contributed by atoms with Crippen LogP contribution >= 0.6 is 12.4 Å². The molecule has 0 spiro atoms. The van der Waals surface area contributed by atoms with Crippen molar-refractivity contribution in [1.82, 2.24) is 24.6 Å². The Morgan fingerprint density at radius 2 is 1.91 bits per heavy atom. The van der Waals surface area contributed by atoms with Crippen molar-refractivity contribution in [2.75, 3.05) is 34.0 Å². The van der Waals surface area contributed by atoms with E-state index in [1.165, 1.54) is 0 Å². The molecule has 172 valence electrons. The van der Waals surface area contributed by atoms with Gasteiger partial charge in [0.1, 0.15) is 0 Å². The first-order valence-corrected chi connectivity index (χ1v) is 10.5. The molecule has 2 aromatic heterocycles. The lowest BCUT2D eigenvalue weighted by atomic mass is 10.1. The van der Waals surface area contributed by atoms with Crippen molar-refractivity contribution < 1.29 is 14.3 Å². The molecule has 3 aromatic rings. The molecular weight excluding hydrogens is 430 g/mol. The van der Waals surface area contributed by atoms with Crippen molar-refractivity contribution >= 4 is 29.3 Å². The van der Waals surface area contributed by atoms with E-state index in [9.17, 15) is 4.79 Å². The van der Waals surface area contributed by atoms with Gasteiger partial charge in [-0.1, -0.05) is 6.07 Å². The minimum absolute atomic E-state index is 0. The molecule has 0 aliphatic carbocycles. The first-order valence-electron chi connectivity index (χ1n) is 10.5. The number of likely N-dealkylation sites (N-methyl/N-ethyl adjacent to an activating group) is 1. The Bertz CT molecular complexity index is 1110. The van der Waals surface area contributed by atoms with Crippen molar-refractivity contribution in [3.8, 4) is 11.5 Å². The van der Waals surface area contributed by atoms with Crippen LogP contribution in [0.15, 0.2) is 30.5 Å². The molecule has 1 aliphatic heterocycles. The molecule has 0 bridgehead atoms. The van der Waals surface area contributed by atoms with Gasteiger partial charge in [-0.15, -0.1) is 12.4 Å². The molecule has 32 heavy (non-hydrogen) atoms. The normalized spacial score (nSPS) is 12.5. The van der Waals surface area contributed by atoms with Crippen LogP contribution in [0.1, 0.15) is 41.5 Å². The monoisotopic (exact) mass is 459 g/mol. The van der Waals surface area contributed by atoms with Crippen LogP contribution in [0.4, 0.5) is 0 Å². The highest BCUT2D eigenvalue weighted by Crippen LogP contribution is 2.33. The van der Waals surface area contributed by atoms with Crippen LogP contribution in [0, 0.1) is 6.92 Å². The van der Waals surface area contributed by atoms with Crippen molar-refractivity contribution in [1.29, 1.82) is 0 Å². The van der Waals surface area contributed by atoms with Gasteiger partial charge in [-0.3, -0.25) is 4.79 Å². The van der Waals surface area contributed by atoms with Crippen LogP contribution in [0.2, 0.25) is 0 Å². The quantitative estimate of drug-likeness (QED) is 0.536. The summed E-state index contributed by atoms with van der Waals surface area (Å²) in [6.45, 7) is 8.09. The van der Waals surface area contributed by atoms with E-state index >= 15 is 0 Å². The molecule has 0 N–H and O–H groups in total. The van der Waals surface area contributed by atoms with Crippen LogP contribution in [0.3, 0.4) is 0 Å². The van der Waals surface area contributed by atoms with Crippen LogP contribution < -0.4 is 9.47 Å². The van der Waals surface area contributed by atoms with Crippen LogP contribution in [0.5, 0.6) is 11.5 Å². The van der Waals surface area contributed by atoms with Crippen LogP contribution in [-0.2, 0) is 6.54 Å². The van der Waals surface area contributed by atoms with E-state index in [1.54, 1.807) is 6.20 Å². The second-order valence-corrected chi connectivity index (χ2v) is 8.45. The molecule has 0 fully saturated rings. The zero-order chi connectivity index (χ0) is 22.1. The molecule has 0 atom stereocenters. The topological polar surface area (TPSA) is 72.7 Å². The van der Waals surface area contributed by atoms with Gasteiger partial charge in [0.05, 0.1) is 17.1 Å². The highest BCUT2D eigenvalue weighted by atomic mass is 35.5. The van der Waals surface area contributed by atoms with Gasteiger partial charge >= 0.3 is 0 Å². The lowest BCUT2D eigenvalue weighted by molar-refractivity contribution is 0.0733. The Morgan fingerprint density at radius 3 is 2.62 bits per heavy atom. The number of carbonyl (C=O) groups excluding carboxylic acids is 1.